The van der Waals surface area contributed by atoms with Crippen molar-refractivity contribution in [3.8, 4) is 5.75 Å². The van der Waals surface area contributed by atoms with Crippen molar-refractivity contribution in [2.45, 2.75) is 13.8 Å². The van der Waals surface area contributed by atoms with E-state index in [9.17, 15) is 4.79 Å². The number of hydrogen-bond donors (Lipinski definition) is 1. The Bertz CT molecular complexity index is 750. The summed E-state index contributed by atoms with van der Waals surface area (Å²) in [6, 6.07) is 14.0. The topological polar surface area (TPSA) is 44.8 Å². The molecule has 1 N–H and O–H groups in total. The van der Waals surface area contributed by atoms with Gasteiger partial charge in [0.1, 0.15) is 5.75 Å². The Morgan fingerprint density at radius 3 is 2.31 bits per heavy atom. The van der Waals surface area contributed by atoms with Crippen LogP contribution in [-0.2, 0) is 4.79 Å². The van der Waals surface area contributed by atoms with Crippen molar-refractivity contribution < 1.29 is 9.53 Å². The Morgan fingerprint density at radius 1 is 1.00 bits per heavy atom. The van der Waals surface area contributed by atoms with E-state index in [4.69, 9.17) is 4.74 Å². The van der Waals surface area contributed by atoms with E-state index >= 15 is 0 Å². The van der Waals surface area contributed by atoms with E-state index in [1.807, 2.05) is 24.3 Å². The first-order valence-electron chi connectivity index (χ1n) is 9.03. The lowest BCUT2D eigenvalue weighted by Crippen LogP contribution is -2.48. The van der Waals surface area contributed by atoms with Gasteiger partial charge in [0.25, 0.3) is 0 Å². The number of amides is 1. The summed E-state index contributed by atoms with van der Waals surface area (Å²) in [7, 11) is 1.63. The van der Waals surface area contributed by atoms with Gasteiger partial charge in [0.2, 0.25) is 5.91 Å². The summed E-state index contributed by atoms with van der Waals surface area (Å²) in [5.41, 5.74) is 4.71. The van der Waals surface area contributed by atoms with Gasteiger partial charge < -0.3 is 15.0 Å². The third kappa shape index (κ3) is 4.55. The number of ether oxygens (including phenoxy) is 1. The zero-order valence-corrected chi connectivity index (χ0v) is 15.8. The van der Waals surface area contributed by atoms with Crippen molar-refractivity contribution in [2.75, 3.05) is 50.1 Å². The number of rotatable bonds is 5. The summed E-state index contributed by atoms with van der Waals surface area (Å²) in [5, 5.41) is 2.95. The highest BCUT2D eigenvalue weighted by molar-refractivity contribution is 5.92. The molecule has 1 fully saturated rings. The molecule has 0 saturated carbocycles. The van der Waals surface area contributed by atoms with Crippen molar-refractivity contribution in [3.63, 3.8) is 0 Å². The van der Waals surface area contributed by atoms with E-state index in [1.54, 1.807) is 7.11 Å². The third-order valence-electron chi connectivity index (χ3n) is 4.97. The minimum absolute atomic E-state index is 0.0230. The van der Waals surface area contributed by atoms with Crippen LogP contribution in [0.15, 0.2) is 42.5 Å². The monoisotopic (exact) mass is 353 g/mol. The predicted molar refractivity (Wildman–Crippen MR) is 106 cm³/mol. The lowest BCUT2D eigenvalue weighted by Gasteiger charge is -2.36. The van der Waals surface area contributed by atoms with Crippen molar-refractivity contribution in [1.82, 2.24) is 4.90 Å². The largest absolute Gasteiger partial charge is 0.497 e. The second-order valence-corrected chi connectivity index (χ2v) is 6.81. The van der Waals surface area contributed by atoms with Crippen LogP contribution >= 0.6 is 0 Å². The van der Waals surface area contributed by atoms with Crippen molar-refractivity contribution in [2.24, 2.45) is 0 Å². The summed E-state index contributed by atoms with van der Waals surface area (Å²) < 4.78 is 5.13. The first-order chi connectivity index (χ1) is 12.5. The van der Waals surface area contributed by atoms with Gasteiger partial charge in [-0.05, 0) is 61.4 Å². The molecule has 0 bridgehead atoms. The molecule has 1 aliphatic heterocycles. The molecule has 2 aromatic carbocycles. The SMILES string of the molecule is COc1ccc(NC(=O)CN2CCN(c3ccc(C)c(C)c3)CC2)cc1. The highest BCUT2D eigenvalue weighted by Gasteiger charge is 2.19. The number of hydrogen-bond acceptors (Lipinski definition) is 4. The fourth-order valence-corrected chi connectivity index (χ4v) is 3.16. The van der Waals surface area contributed by atoms with Crippen LogP contribution in [0.2, 0.25) is 0 Å². The molecule has 0 aromatic heterocycles. The normalized spacial score (nSPS) is 15.0. The van der Waals surface area contributed by atoms with Crippen LogP contribution in [0, 0.1) is 13.8 Å². The Labute approximate surface area is 155 Å². The molecule has 0 aliphatic carbocycles. The van der Waals surface area contributed by atoms with E-state index in [2.05, 4.69) is 47.2 Å². The number of piperazine rings is 1. The molecule has 0 unspecified atom stereocenters. The molecule has 1 amide bonds. The van der Waals surface area contributed by atoms with Crippen LogP contribution in [0.25, 0.3) is 0 Å². The molecule has 5 heteroatoms. The summed E-state index contributed by atoms with van der Waals surface area (Å²) >= 11 is 0. The summed E-state index contributed by atoms with van der Waals surface area (Å²) in [6.45, 7) is 8.38. The average Bonchev–Trinajstić information content (AvgIpc) is 2.65. The second-order valence-electron chi connectivity index (χ2n) is 6.81. The Kier molecular flexibility index (Phi) is 5.78. The molecule has 0 radical (unpaired) electrons. The highest BCUT2D eigenvalue weighted by Crippen LogP contribution is 2.20. The van der Waals surface area contributed by atoms with E-state index in [0.717, 1.165) is 37.6 Å². The Morgan fingerprint density at radius 2 is 1.69 bits per heavy atom. The standard InChI is InChI=1S/C21H27N3O2/c1-16-4-7-19(14-17(16)2)24-12-10-23(11-13-24)15-21(25)22-18-5-8-20(26-3)9-6-18/h4-9,14H,10-13,15H2,1-3H3,(H,22,25). The highest BCUT2D eigenvalue weighted by atomic mass is 16.5. The maximum atomic E-state index is 12.3. The zero-order chi connectivity index (χ0) is 18.5. The van der Waals surface area contributed by atoms with Crippen LogP contribution in [0.4, 0.5) is 11.4 Å². The molecule has 1 aliphatic rings. The fraction of sp³-hybridized carbons (Fsp3) is 0.381. The van der Waals surface area contributed by atoms with Crippen molar-refractivity contribution >= 4 is 17.3 Å². The lowest BCUT2D eigenvalue weighted by molar-refractivity contribution is -0.117. The maximum absolute atomic E-state index is 12.3. The fourth-order valence-electron chi connectivity index (χ4n) is 3.16. The van der Waals surface area contributed by atoms with Crippen LogP contribution in [-0.4, -0.2) is 50.6 Å². The van der Waals surface area contributed by atoms with Crippen LogP contribution in [0.1, 0.15) is 11.1 Å². The van der Waals surface area contributed by atoms with E-state index in [1.165, 1.54) is 16.8 Å². The van der Waals surface area contributed by atoms with Crippen molar-refractivity contribution in [3.05, 3.63) is 53.6 Å². The summed E-state index contributed by atoms with van der Waals surface area (Å²) in [5.74, 6) is 0.806. The number of benzene rings is 2. The van der Waals surface area contributed by atoms with Gasteiger partial charge in [-0.3, -0.25) is 9.69 Å². The third-order valence-corrected chi connectivity index (χ3v) is 4.97. The van der Waals surface area contributed by atoms with Crippen LogP contribution in [0.3, 0.4) is 0 Å². The van der Waals surface area contributed by atoms with Crippen molar-refractivity contribution in [1.29, 1.82) is 0 Å². The summed E-state index contributed by atoms with van der Waals surface area (Å²) in [6.07, 6.45) is 0. The van der Waals surface area contributed by atoms with Gasteiger partial charge in [-0.2, -0.15) is 0 Å². The average molecular weight is 353 g/mol. The van der Waals surface area contributed by atoms with Gasteiger partial charge in [-0.1, -0.05) is 6.07 Å². The molecule has 26 heavy (non-hydrogen) atoms. The zero-order valence-electron chi connectivity index (χ0n) is 15.8. The lowest BCUT2D eigenvalue weighted by atomic mass is 10.1. The second kappa shape index (κ2) is 8.23. The summed E-state index contributed by atoms with van der Waals surface area (Å²) in [4.78, 5) is 16.9. The van der Waals surface area contributed by atoms with E-state index in [0.29, 0.717) is 6.54 Å². The molecular formula is C21H27N3O2. The van der Waals surface area contributed by atoms with E-state index < -0.39 is 0 Å². The number of methoxy groups -OCH3 is 1. The molecule has 0 spiro atoms. The number of aryl methyl sites for hydroxylation is 2. The quantitative estimate of drug-likeness (QED) is 0.897. The first kappa shape index (κ1) is 18.3. The molecule has 5 nitrogen and oxygen atoms in total. The number of nitrogens with one attached hydrogen (secondary N) is 1. The molecule has 2 aromatic rings. The maximum Gasteiger partial charge on any atom is 0.238 e. The predicted octanol–water partition coefficient (Wildman–Crippen LogP) is 3.07. The molecule has 0 atom stereocenters. The molecule has 138 valence electrons. The minimum atomic E-state index is 0.0230. The van der Waals surface area contributed by atoms with Crippen LogP contribution < -0.4 is 15.0 Å². The van der Waals surface area contributed by atoms with Gasteiger partial charge in [-0.25, -0.2) is 0 Å². The molecule has 3 rings (SSSR count). The first-order valence-corrected chi connectivity index (χ1v) is 9.03. The number of nitrogens with zero attached hydrogens (tertiary/aromatic N) is 2. The Hall–Kier alpha value is -2.53. The van der Waals surface area contributed by atoms with Gasteiger partial charge in [0, 0.05) is 37.6 Å². The molecular weight excluding hydrogens is 326 g/mol. The minimum Gasteiger partial charge on any atom is -0.497 e. The number of carbonyl (C=O) groups is 1. The number of anilines is 2. The molecule has 1 saturated heterocycles. The van der Waals surface area contributed by atoms with Crippen LogP contribution in [0.5, 0.6) is 5.75 Å². The van der Waals surface area contributed by atoms with Gasteiger partial charge in [0.15, 0.2) is 0 Å². The van der Waals surface area contributed by atoms with E-state index in [-0.39, 0.29) is 5.91 Å². The van der Waals surface area contributed by atoms with Gasteiger partial charge >= 0.3 is 0 Å². The van der Waals surface area contributed by atoms with Gasteiger partial charge in [-0.15, -0.1) is 0 Å². The van der Waals surface area contributed by atoms with Gasteiger partial charge in [0.05, 0.1) is 13.7 Å². The smallest absolute Gasteiger partial charge is 0.238 e. The number of carbonyl (C=O) groups excluding carboxylic acids is 1. The molecule has 1 heterocycles. The Balaban J connectivity index is 1.48.